The minimum atomic E-state index is -0.204. The standard InChI is InChI=1S/C20H14N4O2/c25-12-5-6-13-14(9-21-16(13)8-12)19(26)20-22-10-18(24-20)17-7-11-3-1-2-4-15(11)23-17/h1-10,21,23,25H,(H,22,24). The summed E-state index contributed by atoms with van der Waals surface area (Å²) in [4.78, 5) is 26.5. The van der Waals surface area contributed by atoms with Crippen LogP contribution in [0.2, 0.25) is 0 Å². The summed E-state index contributed by atoms with van der Waals surface area (Å²) in [5.74, 6) is 0.217. The number of para-hydroxylation sites is 1. The molecule has 4 N–H and O–H groups in total. The summed E-state index contributed by atoms with van der Waals surface area (Å²) >= 11 is 0. The fourth-order valence-electron chi connectivity index (χ4n) is 3.22. The van der Waals surface area contributed by atoms with E-state index < -0.39 is 0 Å². The Morgan fingerprint density at radius 2 is 1.85 bits per heavy atom. The van der Waals surface area contributed by atoms with E-state index in [1.165, 1.54) is 0 Å². The van der Waals surface area contributed by atoms with Crippen LogP contribution in [-0.4, -0.2) is 30.8 Å². The Hall–Kier alpha value is -3.80. The van der Waals surface area contributed by atoms with Gasteiger partial charge in [0.2, 0.25) is 5.78 Å². The summed E-state index contributed by atoms with van der Waals surface area (Å²) in [6, 6.07) is 14.9. The van der Waals surface area contributed by atoms with E-state index in [2.05, 4.69) is 19.9 Å². The fraction of sp³-hybridized carbons (Fsp3) is 0. The monoisotopic (exact) mass is 342 g/mol. The number of ketones is 1. The van der Waals surface area contributed by atoms with Crippen LogP contribution >= 0.6 is 0 Å². The summed E-state index contributed by atoms with van der Waals surface area (Å²) < 4.78 is 0. The molecule has 126 valence electrons. The number of nitrogens with one attached hydrogen (secondary N) is 3. The van der Waals surface area contributed by atoms with Crippen molar-refractivity contribution in [1.82, 2.24) is 19.9 Å². The minimum Gasteiger partial charge on any atom is -0.508 e. The van der Waals surface area contributed by atoms with E-state index in [0.717, 1.165) is 27.7 Å². The van der Waals surface area contributed by atoms with Crippen LogP contribution in [0.5, 0.6) is 5.75 Å². The van der Waals surface area contributed by atoms with Crippen LogP contribution in [0.4, 0.5) is 0 Å². The lowest BCUT2D eigenvalue weighted by atomic mass is 10.1. The number of fused-ring (bicyclic) bond motifs is 2. The molecule has 0 aliphatic heterocycles. The predicted molar refractivity (Wildman–Crippen MR) is 99.3 cm³/mol. The van der Waals surface area contributed by atoms with Crippen LogP contribution in [0.15, 0.2) is 60.9 Å². The van der Waals surface area contributed by atoms with Gasteiger partial charge in [0.15, 0.2) is 5.82 Å². The van der Waals surface area contributed by atoms with Crippen LogP contribution in [-0.2, 0) is 0 Å². The van der Waals surface area contributed by atoms with Crippen molar-refractivity contribution in [3.05, 3.63) is 72.3 Å². The van der Waals surface area contributed by atoms with Gasteiger partial charge in [0, 0.05) is 34.1 Å². The second kappa shape index (κ2) is 5.35. The van der Waals surface area contributed by atoms with Crippen LogP contribution in [0, 0.1) is 0 Å². The van der Waals surface area contributed by atoms with Crippen molar-refractivity contribution in [2.24, 2.45) is 0 Å². The number of aromatic nitrogens is 4. The number of aromatic amines is 3. The van der Waals surface area contributed by atoms with Crippen molar-refractivity contribution in [3.63, 3.8) is 0 Å². The van der Waals surface area contributed by atoms with Gasteiger partial charge in [-0.15, -0.1) is 0 Å². The Bertz CT molecular complexity index is 1240. The van der Waals surface area contributed by atoms with Gasteiger partial charge in [-0.05, 0) is 24.3 Å². The number of aromatic hydroxyl groups is 1. The van der Waals surface area contributed by atoms with Crippen molar-refractivity contribution in [1.29, 1.82) is 0 Å². The van der Waals surface area contributed by atoms with E-state index in [1.54, 1.807) is 30.6 Å². The maximum atomic E-state index is 12.8. The molecule has 6 heteroatoms. The molecule has 3 aromatic heterocycles. The van der Waals surface area contributed by atoms with Crippen LogP contribution in [0.3, 0.4) is 0 Å². The number of carbonyl (C=O) groups excluding carboxylic acids is 1. The average molecular weight is 342 g/mol. The van der Waals surface area contributed by atoms with E-state index in [0.29, 0.717) is 11.1 Å². The Morgan fingerprint density at radius 1 is 0.962 bits per heavy atom. The largest absolute Gasteiger partial charge is 0.508 e. The van der Waals surface area contributed by atoms with Gasteiger partial charge in [0.1, 0.15) is 5.75 Å². The number of phenols is 1. The van der Waals surface area contributed by atoms with E-state index in [-0.39, 0.29) is 17.4 Å². The van der Waals surface area contributed by atoms with Crippen molar-refractivity contribution >= 4 is 27.6 Å². The third-order valence-corrected chi connectivity index (χ3v) is 4.52. The van der Waals surface area contributed by atoms with Gasteiger partial charge in [0.05, 0.1) is 23.1 Å². The first kappa shape index (κ1) is 14.5. The molecule has 0 bridgehead atoms. The summed E-state index contributed by atoms with van der Waals surface area (Å²) in [5, 5.41) is 11.4. The zero-order valence-electron chi connectivity index (χ0n) is 13.6. The average Bonchev–Trinajstić information content (AvgIpc) is 3.37. The topological polar surface area (TPSA) is 97.6 Å². The van der Waals surface area contributed by atoms with Gasteiger partial charge < -0.3 is 20.1 Å². The molecule has 0 fully saturated rings. The summed E-state index contributed by atoms with van der Waals surface area (Å²) in [7, 11) is 0. The number of benzene rings is 2. The maximum absolute atomic E-state index is 12.8. The fourth-order valence-corrected chi connectivity index (χ4v) is 3.22. The number of hydrogen-bond donors (Lipinski definition) is 4. The van der Waals surface area contributed by atoms with E-state index in [9.17, 15) is 9.90 Å². The van der Waals surface area contributed by atoms with Crippen molar-refractivity contribution in [2.75, 3.05) is 0 Å². The Labute approximate surface area is 147 Å². The molecule has 0 radical (unpaired) electrons. The third-order valence-electron chi connectivity index (χ3n) is 4.52. The molecule has 0 saturated heterocycles. The number of H-pyrrole nitrogens is 3. The number of phenolic OH excluding ortho intramolecular Hbond substituents is 1. The van der Waals surface area contributed by atoms with Gasteiger partial charge in [-0.1, -0.05) is 18.2 Å². The molecule has 0 aliphatic carbocycles. The SMILES string of the molecule is O=C(c1ncc(-c2cc3ccccc3[nH]2)[nH]1)c1c[nH]c2cc(O)ccc12. The van der Waals surface area contributed by atoms with Gasteiger partial charge >= 0.3 is 0 Å². The van der Waals surface area contributed by atoms with Gasteiger partial charge in [-0.2, -0.15) is 0 Å². The van der Waals surface area contributed by atoms with Crippen molar-refractivity contribution in [3.8, 4) is 17.1 Å². The second-order valence-electron chi connectivity index (χ2n) is 6.18. The van der Waals surface area contributed by atoms with E-state index in [4.69, 9.17) is 0 Å². The Kier molecular flexibility index (Phi) is 2.99. The lowest BCUT2D eigenvalue weighted by Gasteiger charge is -1.97. The number of hydrogen-bond acceptors (Lipinski definition) is 3. The summed E-state index contributed by atoms with van der Waals surface area (Å²) in [5.41, 5.74) is 3.87. The molecule has 0 amide bonds. The molecule has 5 rings (SSSR count). The molecular weight excluding hydrogens is 328 g/mol. The normalized spacial score (nSPS) is 11.4. The van der Waals surface area contributed by atoms with Crippen LogP contribution in [0.1, 0.15) is 16.2 Å². The Morgan fingerprint density at radius 3 is 2.73 bits per heavy atom. The van der Waals surface area contributed by atoms with Crippen molar-refractivity contribution < 1.29 is 9.90 Å². The molecule has 0 spiro atoms. The molecule has 0 atom stereocenters. The maximum Gasteiger partial charge on any atom is 0.230 e. The molecule has 26 heavy (non-hydrogen) atoms. The quantitative estimate of drug-likeness (QED) is 0.373. The Balaban J connectivity index is 1.53. The number of nitrogens with zero attached hydrogens (tertiary/aromatic N) is 1. The first-order chi connectivity index (χ1) is 12.7. The summed E-state index contributed by atoms with van der Waals surface area (Å²) in [6.07, 6.45) is 3.29. The first-order valence-corrected chi connectivity index (χ1v) is 8.17. The molecule has 5 aromatic rings. The second-order valence-corrected chi connectivity index (χ2v) is 6.18. The molecule has 0 saturated carbocycles. The van der Waals surface area contributed by atoms with Crippen molar-refractivity contribution in [2.45, 2.75) is 0 Å². The smallest absolute Gasteiger partial charge is 0.230 e. The highest BCUT2D eigenvalue weighted by atomic mass is 16.3. The lowest BCUT2D eigenvalue weighted by molar-refractivity contribution is 0.103. The van der Waals surface area contributed by atoms with E-state index in [1.807, 2.05) is 30.3 Å². The molecule has 6 nitrogen and oxygen atoms in total. The minimum absolute atomic E-state index is 0.150. The highest BCUT2D eigenvalue weighted by Gasteiger charge is 2.18. The van der Waals surface area contributed by atoms with Gasteiger partial charge in [-0.25, -0.2) is 4.98 Å². The van der Waals surface area contributed by atoms with Crippen LogP contribution in [0.25, 0.3) is 33.2 Å². The number of rotatable bonds is 3. The summed E-state index contributed by atoms with van der Waals surface area (Å²) in [6.45, 7) is 0. The number of carbonyl (C=O) groups is 1. The molecular formula is C20H14N4O2. The van der Waals surface area contributed by atoms with E-state index >= 15 is 0 Å². The first-order valence-electron chi connectivity index (χ1n) is 8.17. The predicted octanol–water partition coefficient (Wildman–Crippen LogP) is 3.98. The lowest BCUT2D eigenvalue weighted by Crippen LogP contribution is -2.02. The zero-order chi connectivity index (χ0) is 17.7. The zero-order valence-corrected chi connectivity index (χ0v) is 13.6. The molecule has 0 aliphatic rings. The number of imidazole rings is 1. The van der Waals surface area contributed by atoms with Gasteiger partial charge in [0.25, 0.3) is 0 Å². The highest BCUT2D eigenvalue weighted by molar-refractivity contribution is 6.15. The molecule has 3 heterocycles. The van der Waals surface area contributed by atoms with Gasteiger partial charge in [-0.3, -0.25) is 4.79 Å². The van der Waals surface area contributed by atoms with Crippen LogP contribution < -0.4 is 0 Å². The molecule has 0 unspecified atom stereocenters. The highest BCUT2D eigenvalue weighted by Crippen LogP contribution is 2.26. The third kappa shape index (κ3) is 2.20. The molecule has 2 aromatic carbocycles.